The Labute approximate surface area is 95.9 Å². The topological polar surface area (TPSA) is 12.0 Å². The lowest BCUT2D eigenvalue weighted by molar-refractivity contribution is 0.508. The van der Waals surface area contributed by atoms with Gasteiger partial charge in [0.2, 0.25) is 0 Å². The molecule has 2 rings (SSSR count). The average molecular weight is 225 g/mol. The van der Waals surface area contributed by atoms with Gasteiger partial charge in [0, 0.05) is 0 Å². The molecule has 1 fully saturated rings. The van der Waals surface area contributed by atoms with Crippen molar-refractivity contribution in [3.8, 4) is 12.8 Å². The molecular formula is C13H17F2N. The maximum absolute atomic E-state index is 11.9. The molecule has 0 aliphatic carbocycles. The standard InChI is InChI=1S/C6H4F2.C5H11N.C2H2/c7-5-3-1-2-4-6(5)8;1-5-2-3-6-4-5;1-2/h1-4H;5-6H,2-4H2,1H3;1-2H/t;5-;/m.0./s1. The van der Waals surface area contributed by atoms with Crippen LogP contribution in [-0.2, 0) is 0 Å². The van der Waals surface area contributed by atoms with E-state index in [9.17, 15) is 8.78 Å². The SMILES string of the molecule is C#C.C[C@H]1CCNC1.Fc1ccccc1F. The van der Waals surface area contributed by atoms with E-state index in [0.717, 1.165) is 18.1 Å². The van der Waals surface area contributed by atoms with Crippen molar-refractivity contribution in [3.05, 3.63) is 35.9 Å². The van der Waals surface area contributed by atoms with E-state index in [1.165, 1.54) is 31.6 Å². The summed E-state index contributed by atoms with van der Waals surface area (Å²) in [5.41, 5.74) is 0. The van der Waals surface area contributed by atoms with E-state index in [2.05, 4.69) is 25.1 Å². The predicted octanol–water partition coefficient (Wildman–Crippen LogP) is 2.83. The van der Waals surface area contributed by atoms with Gasteiger partial charge in [-0.15, -0.1) is 12.8 Å². The molecule has 0 spiro atoms. The minimum atomic E-state index is -0.799. The van der Waals surface area contributed by atoms with Gasteiger partial charge in [-0.25, -0.2) is 8.78 Å². The van der Waals surface area contributed by atoms with Crippen LogP contribution < -0.4 is 5.32 Å². The molecular weight excluding hydrogens is 208 g/mol. The molecule has 0 amide bonds. The van der Waals surface area contributed by atoms with Crippen LogP contribution in [0.2, 0.25) is 0 Å². The van der Waals surface area contributed by atoms with E-state index in [1.54, 1.807) is 0 Å². The van der Waals surface area contributed by atoms with Crippen LogP contribution in [0.5, 0.6) is 0 Å². The van der Waals surface area contributed by atoms with E-state index < -0.39 is 11.6 Å². The molecule has 1 heterocycles. The zero-order valence-electron chi connectivity index (χ0n) is 9.42. The summed E-state index contributed by atoms with van der Waals surface area (Å²) in [4.78, 5) is 0. The van der Waals surface area contributed by atoms with Crippen molar-refractivity contribution in [2.75, 3.05) is 13.1 Å². The van der Waals surface area contributed by atoms with Crippen molar-refractivity contribution in [1.29, 1.82) is 0 Å². The smallest absolute Gasteiger partial charge is 0.158 e. The van der Waals surface area contributed by atoms with Crippen LogP contribution in [0.25, 0.3) is 0 Å². The van der Waals surface area contributed by atoms with Crippen molar-refractivity contribution in [3.63, 3.8) is 0 Å². The first-order valence-corrected chi connectivity index (χ1v) is 5.14. The number of rotatable bonds is 0. The van der Waals surface area contributed by atoms with Crippen LogP contribution in [0.1, 0.15) is 13.3 Å². The minimum absolute atomic E-state index is 0.799. The molecule has 16 heavy (non-hydrogen) atoms. The second kappa shape index (κ2) is 8.87. The lowest BCUT2D eigenvalue weighted by Gasteiger charge is -1.90. The van der Waals surface area contributed by atoms with Crippen molar-refractivity contribution in [2.45, 2.75) is 13.3 Å². The van der Waals surface area contributed by atoms with E-state index in [4.69, 9.17) is 0 Å². The summed E-state index contributed by atoms with van der Waals surface area (Å²) < 4.78 is 23.9. The highest BCUT2D eigenvalue weighted by atomic mass is 19.2. The Balaban J connectivity index is 0.000000251. The Morgan fingerprint density at radius 3 is 1.88 bits per heavy atom. The van der Waals surface area contributed by atoms with Gasteiger partial charge in [-0.2, -0.15) is 0 Å². The van der Waals surface area contributed by atoms with E-state index in [1.807, 2.05) is 0 Å². The van der Waals surface area contributed by atoms with Crippen molar-refractivity contribution < 1.29 is 8.78 Å². The first-order chi connectivity index (χ1) is 7.70. The Hall–Kier alpha value is -1.40. The number of terminal acetylenes is 1. The lowest BCUT2D eigenvalue weighted by Crippen LogP contribution is -2.06. The molecule has 1 aliphatic rings. The van der Waals surface area contributed by atoms with Crippen molar-refractivity contribution in [2.24, 2.45) is 5.92 Å². The van der Waals surface area contributed by atoms with Gasteiger partial charge < -0.3 is 5.32 Å². The molecule has 1 aromatic rings. The van der Waals surface area contributed by atoms with Crippen molar-refractivity contribution in [1.82, 2.24) is 5.32 Å². The molecule has 0 aromatic heterocycles. The van der Waals surface area contributed by atoms with Gasteiger partial charge in [0.15, 0.2) is 11.6 Å². The Bertz CT molecular complexity index is 283. The van der Waals surface area contributed by atoms with Crippen LogP contribution >= 0.6 is 0 Å². The molecule has 0 bridgehead atoms. The molecule has 1 N–H and O–H groups in total. The zero-order chi connectivity index (χ0) is 12.4. The molecule has 88 valence electrons. The third-order valence-electron chi connectivity index (χ3n) is 2.13. The van der Waals surface area contributed by atoms with Gasteiger partial charge in [0.1, 0.15) is 0 Å². The quantitative estimate of drug-likeness (QED) is 0.669. The predicted molar refractivity (Wildman–Crippen MR) is 62.9 cm³/mol. The monoisotopic (exact) mass is 225 g/mol. The highest BCUT2D eigenvalue weighted by Gasteiger charge is 2.06. The zero-order valence-corrected chi connectivity index (χ0v) is 9.42. The molecule has 1 aromatic carbocycles. The third-order valence-corrected chi connectivity index (χ3v) is 2.13. The molecule has 1 nitrogen and oxygen atoms in total. The first-order valence-electron chi connectivity index (χ1n) is 5.14. The largest absolute Gasteiger partial charge is 0.316 e. The van der Waals surface area contributed by atoms with Crippen LogP contribution in [0.4, 0.5) is 8.78 Å². The molecule has 0 unspecified atom stereocenters. The highest BCUT2D eigenvalue weighted by Crippen LogP contribution is 2.03. The Morgan fingerprint density at radius 2 is 1.69 bits per heavy atom. The van der Waals surface area contributed by atoms with Crippen LogP contribution in [0.15, 0.2) is 24.3 Å². The summed E-state index contributed by atoms with van der Waals surface area (Å²) in [5, 5.41) is 3.27. The average Bonchev–Trinajstić information content (AvgIpc) is 2.78. The summed E-state index contributed by atoms with van der Waals surface area (Å²) >= 11 is 0. The van der Waals surface area contributed by atoms with Gasteiger partial charge >= 0.3 is 0 Å². The third kappa shape index (κ3) is 6.15. The maximum atomic E-state index is 11.9. The molecule has 0 radical (unpaired) electrons. The van der Waals surface area contributed by atoms with Crippen LogP contribution in [0.3, 0.4) is 0 Å². The van der Waals surface area contributed by atoms with Gasteiger partial charge in [0.05, 0.1) is 0 Å². The van der Waals surface area contributed by atoms with Gasteiger partial charge in [0.25, 0.3) is 0 Å². The maximum Gasteiger partial charge on any atom is 0.158 e. The van der Waals surface area contributed by atoms with Crippen LogP contribution in [-0.4, -0.2) is 13.1 Å². The Morgan fingerprint density at radius 1 is 1.19 bits per heavy atom. The minimum Gasteiger partial charge on any atom is -0.316 e. The summed E-state index contributed by atoms with van der Waals surface area (Å²) in [7, 11) is 0. The number of nitrogens with one attached hydrogen (secondary N) is 1. The molecule has 1 saturated heterocycles. The second-order valence-electron chi connectivity index (χ2n) is 3.51. The fourth-order valence-electron chi connectivity index (χ4n) is 1.24. The normalized spacial score (nSPS) is 17.7. The number of halogens is 2. The number of hydrogen-bond donors (Lipinski definition) is 1. The van der Waals surface area contributed by atoms with Crippen molar-refractivity contribution >= 4 is 0 Å². The fraction of sp³-hybridized carbons (Fsp3) is 0.385. The molecule has 0 saturated carbocycles. The molecule has 1 atom stereocenters. The number of hydrogen-bond acceptors (Lipinski definition) is 1. The summed E-state index contributed by atoms with van der Waals surface area (Å²) in [5.74, 6) is -0.662. The molecule has 1 aliphatic heterocycles. The summed E-state index contributed by atoms with van der Waals surface area (Å²) in [6.07, 6.45) is 9.38. The fourth-order valence-corrected chi connectivity index (χ4v) is 1.24. The van der Waals surface area contributed by atoms with Crippen LogP contribution in [0, 0.1) is 30.4 Å². The summed E-state index contributed by atoms with van der Waals surface area (Å²) in [6.45, 7) is 4.75. The highest BCUT2D eigenvalue weighted by molar-refractivity contribution is 5.05. The summed E-state index contributed by atoms with van der Waals surface area (Å²) in [6, 6.07) is 5.04. The van der Waals surface area contributed by atoms with Gasteiger partial charge in [-0.3, -0.25) is 0 Å². The van der Waals surface area contributed by atoms with E-state index in [0.29, 0.717) is 0 Å². The second-order valence-corrected chi connectivity index (χ2v) is 3.51. The van der Waals surface area contributed by atoms with E-state index in [-0.39, 0.29) is 0 Å². The van der Waals surface area contributed by atoms with Gasteiger partial charge in [-0.05, 0) is 37.6 Å². The molecule has 3 heteroatoms. The first kappa shape index (κ1) is 14.6. The number of benzene rings is 1. The van der Waals surface area contributed by atoms with E-state index >= 15 is 0 Å². The lowest BCUT2D eigenvalue weighted by atomic mass is 10.2. The Kier molecular flexibility index (Phi) is 8.10. The van der Waals surface area contributed by atoms with Gasteiger partial charge in [-0.1, -0.05) is 19.1 Å².